The van der Waals surface area contributed by atoms with Crippen LogP contribution in [0, 0.1) is 5.82 Å². The first-order valence-corrected chi connectivity index (χ1v) is 10.8. The average molecular weight is 410 g/mol. The molecule has 4 rings (SSSR count). The molecule has 0 atom stereocenters. The standard InChI is InChI=1S/C24H28FN3O2/c25-22-8-6-19(7-9-22)20-4-3-5-21(18-20)24(30)28-13-10-23(29)27(16-17-28)15-14-26-11-1-2-12-26/h3-9,18H,1-2,10-17H2. The summed E-state index contributed by atoms with van der Waals surface area (Å²) in [6, 6.07) is 13.7. The van der Waals surface area contributed by atoms with E-state index in [9.17, 15) is 14.0 Å². The van der Waals surface area contributed by atoms with Gasteiger partial charge in [0.15, 0.2) is 0 Å². The molecule has 158 valence electrons. The highest BCUT2D eigenvalue weighted by Crippen LogP contribution is 2.22. The maximum absolute atomic E-state index is 13.2. The molecule has 2 fully saturated rings. The van der Waals surface area contributed by atoms with Crippen LogP contribution in [0.2, 0.25) is 0 Å². The lowest BCUT2D eigenvalue weighted by atomic mass is 10.0. The summed E-state index contributed by atoms with van der Waals surface area (Å²) in [5.41, 5.74) is 2.33. The van der Waals surface area contributed by atoms with Gasteiger partial charge in [0.1, 0.15) is 5.82 Å². The zero-order chi connectivity index (χ0) is 20.9. The fraction of sp³-hybridized carbons (Fsp3) is 0.417. The van der Waals surface area contributed by atoms with Gasteiger partial charge in [-0.15, -0.1) is 0 Å². The molecule has 2 aliphatic rings. The van der Waals surface area contributed by atoms with E-state index < -0.39 is 0 Å². The summed E-state index contributed by atoms with van der Waals surface area (Å²) in [7, 11) is 0. The monoisotopic (exact) mass is 409 g/mol. The van der Waals surface area contributed by atoms with Gasteiger partial charge in [-0.1, -0.05) is 24.3 Å². The van der Waals surface area contributed by atoms with Crippen LogP contribution in [0.25, 0.3) is 11.1 Å². The van der Waals surface area contributed by atoms with Gasteiger partial charge in [-0.3, -0.25) is 9.59 Å². The lowest BCUT2D eigenvalue weighted by molar-refractivity contribution is -0.130. The van der Waals surface area contributed by atoms with Crippen molar-refractivity contribution in [2.24, 2.45) is 0 Å². The summed E-state index contributed by atoms with van der Waals surface area (Å²) >= 11 is 0. The Hall–Kier alpha value is -2.73. The minimum atomic E-state index is -0.283. The molecule has 6 heteroatoms. The van der Waals surface area contributed by atoms with Crippen molar-refractivity contribution in [3.8, 4) is 11.1 Å². The summed E-state index contributed by atoms with van der Waals surface area (Å²) < 4.78 is 13.2. The van der Waals surface area contributed by atoms with Gasteiger partial charge in [-0.25, -0.2) is 4.39 Å². The number of benzene rings is 2. The summed E-state index contributed by atoms with van der Waals surface area (Å²) in [6.07, 6.45) is 2.85. The first-order chi connectivity index (χ1) is 14.6. The molecule has 0 unspecified atom stereocenters. The Morgan fingerprint density at radius 2 is 1.63 bits per heavy atom. The molecule has 2 aliphatic heterocycles. The molecule has 30 heavy (non-hydrogen) atoms. The molecule has 0 N–H and O–H groups in total. The zero-order valence-electron chi connectivity index (χ0n) is 17.2. The van der Waals surface area contributed by atoms with Crippen molar-refractivity contribution in [3.05, 3.63) is 59.9 Å². The van der Waals surface area contributed by atoms with Crippen molar-refractivity contribution < 1.29 is 14.0 Å². The quantitative estimate of drug-likeness (QED) is 0.761. The van der Waals surface area contributed by atoms with Crippen molar-refractivity contribution in [1.82, 2.24) is 14.7 Å². The molecule has 0 spiro atoms. The Bertz CT molecular complexity index is 894. The second-order valence-electron chi connectivity index (χ2n) is 8.06. The Morgan fingerprint density at radius 3 is 2.40 bits per heavy atom. The van der Waals surface area contributed by atoms with Gasteiger partial charge in [0.2, 0.25) is 5.91 Å². The van der Waals surface area contributed by atoms with Gasteiger partial charge in [0.25, 0.3) is 5.91 Å². The van der Waals surface area contributed by atoms with E-state index in [2.05, 4.69) is 4.90 Å². The highest BCUT2D eigenvalue weighted by molar-refractivity contribution is 5.96. The van der Waals surface area contributed by atoms with Crippen molar-refractivity contribution in [3.63, 3.8) is 0 Å². The predicted octanol–water partition coefficient (Wildman–Crippen LogP) is 3.26. The van der Waals surface area contributed by atoms with Crippen LogP contribution in [0.3, 0.4) is 0 Å². The van der Waals surface area contributed by atoms with Gasteiger partial charge in [-0.2, -0.15) is 0 Å². The molecule has 2 heterocycles. The number of hydrogen-bond donors (Lipinski definition) is 0. The van der Waals surface area contributed by atoms with Crippen LogP contribution in [-0.4, -0.2) is 72.3 Å². The van der Waals surface area contributed by atoms with Gasteiger partial charge < -0.3 is 14.7 Å². The van der Waals surface area contributed by atoms with Crippen LogP contribution in [0.1, 0.15) is 29.6 Å². The number of amides is 2. The van der Waals surface area contributed by atoms with E-state index in [1.165, 1.54) is 25.0 Å². The molecular weight excluding hydrogens is 381 g/mol. The number of carbonyl (C=O) groups is 2. The van der Waals surface area contributed by atoms with Crippen molar-refractivity contribution in [2.75, 3.05) is 45.8 Å². The van der Waals surface area contributed by atoms with Crippen LogP contribution >= 0.6 is 0 Å². The molecule has 2 saturated heterocycles. The number of halogens is 1. The molecule has 2 amide bonds. The Kier molecular flexibility index (Phi) is 6.43. The summed E-state index contributed by atoms with van der Waals surface area (Å²) in [6.45, 7) is 5.47. The Labute approximate surface area is 177 Å². The second-order valence-corrected chi connectivity index (χ2v) is 8.06. The van der Waals surface area contributed by atoms with Gasteiger partial charge in [0, 0.05) is 44.7 Å². The minimum absolute atomic E-state index is 0.0619. The molecule has 0 aromatic heterocycles. The number of rotatable bonds is 5. The Balaban J connectivity index is 1.40. The molecule has 2 aromatic rings. The van der Waals surface area contributed by atoms with Crippen LogP contribution in [0.4, 0.5) is 4.39 Å². The third kappa shape index (κ3) is 4.87. The molecule has 0 radical (unpaired) electrons. The van der Waals surface area contributed by atoms with Gasteiger partial charge >= 0.3 is 0 Å². The smallest absolute Gasteiger partial charge is 0.253 e. The van der Waals surface area contributed by atoms with Crippen LogP contribution in [-0.2, 0) is 4.79 Å². The number of hydrogen-bond acceptors (Lipinski definition) is 3. The molecule has 2 aromatic carbocycles. The van der Waals surface area contributed by atoms with E-state index in [0.717, 1.165) is 37.3 Å². The summed E-state index contributed by atoms with van der Waals surface area (Å²) in [5, 5.41) is 0. The van der Waals surface area contributed by atoms with Crippen molar-refractivity contribution in [2.45, 2.75) is 19.3 Å². The third-order valence-electron chi connectivity index (χ3n) is 6.05. The van der Waals surface area contributed by atoms with Crippen LogP contribution < -0.4 is 0 Å². The third-order valence-corrected chi connectivity index (χ3v) is 6.05. The van der Waals surface area contributed by atoms with E-state index in [-0.39, 0.29) is 17.6 Å². The fourth-order valence-electron chi connectivity index (χ4n) is 4.23. The predicted molar refractivity (Wildman–Crippen MR) is 115 cm³/mol. The molecular formula is C24H28FN3O2. The van der Waals surface area contributed by atoms with E-state index in [4.69, 9.17) is 0 Å². The second kappa shape index (κ2) is 9.39. The first-order valence-electron chi connectivity index (χ1n) is 10.8. The number of likely N-dealkylation sites (tertiary alicyclic amines) is 1. The molecule has 5 nitrogen and oxygen atoms in total. The average Bonchev–Trinajstić information content (AvgIpc) is 3.22. The van der Waals surface area contributed by atoms with Crippen molar-refractivity contribution in [1.29, 1.82) is 0 Å². The topological polar surface area (TPSA) is 43.9 Å². The van der Waals surface area contributed by atoms with E-state index in [1.807, 2.05) is 23.1 Å². The Morgan fingerprint density at radius 1 is 0.867 bits per heavy atom. The maximum Gasteiger partial charge on any atom is 0.253 e. The maximum atomic E-state index is 13.2. The largest absolute Gasteiger partial charge is 0.340 e. The molecule has 0 saturated carbocycles. The normalized spacial score (nSPS) is 18.0. The van der Waals surface area contributed by atoms with Gasteiger partial charge in [0.05, 0.1) is 0 Å². The van der Waals surface area contributed by atoms with Crippen LogP contribution in [0.15, 0.2) is 48.5 Å². The SMILES string of the molecule is O=C1CCN(C(=O)c2cccc(-c3ccc(F)cc3)c2)CCN1CCN1CCCC1. The lowest BCUT2D eigenvalue weighted by Crippen LogP contribution is -2.39. The number of nitrogens with zero attached hydrogens (tertiary/aromatic N) is 3. The lowest BCUT2D eigenvalue weighted by Gasteiger charge is -2.24. The van der Waals surface area contributed by atoms with Gasteiger partial charge in [-0.05, 0) is 61.3 Å². The summed E-state index contributed by atoms with van der Waals surface area (Å²) in [5.74, 6) is -0.216. The molecule has 0 aliphatic carbocycles. The van der Waals surface area contributed by atoms with Crippen LogP contribution in [0.5, 0.6) is 0 Å². The van der Waals surface area contributed by atoms with Crippen molar-refractivity contribution >= 4 is 11.8 Å². The number of carbonyl (C=O) groups excluding carboxylic acids is 2. The first kappa shape index (κ1) is 20.5. The van der Waals surface area contributed by atoms with E-state index in [0.29, 0.717) is 31.6 Å². The van der Waals surface area contributed by atoms with E-state index in [1.54, 1.807) is 23.1 Å². The van der Waals surface area contributed by atoms with E-state index >= 15 is 0 Å². The highest BCUT2D eigenvalue weighted by atomic mass is 19.1. The minimum Gasteiger partial charge on any atom is -0.340 e. The molecule has 0 bridgehead atoms. The zero-order valence-corrected chi connectivity index (χ0v) is 17.2. The fourth-order valence-corrected chi connectivity index (χ4v) is 4.23. The highest BCUT2D eigenvalue weighted by Gasteiger charge is 2.25. The summed E-state index contributed by atoms with van der Waals surface area (Å²) in [4.78, 5) is 31.7.